The molecule has 0 saturated heterocycles. The highest BCUT2D eigenvalue weighted by Gasteiger charge is 2.12. The molecule has 0 bridgehead atoms. The number of ether oxygens (including phenoxy) is 2. The minimum Gasteiger partial charge on any atom is -0.490 e. The van der Waals surface area contributed by atoms with E-state index in [-0.39, 0.29) is 5.91 Å². The summed E-state index contributed by atoms with van der Waals surface area (Å²) in [6.07, 6.45) is 1.58. The molecule has 0 unspecified atom stereocenters. The van der Waals surface area contributed by atoms with Crippen molar-refractivity contribution in [3.8, 4) is 11.5 Å². The Morgan fingerprint density at radius 1 is 1.24 bits per heavy atom. The van der Waals surface area contributed by atoms with Crippen LogP contribution in [0.25, 0.3) is 0 Å². The van der Waals surface area contributed by atoms with Gasteiger partial charge in [0.15, 0.2) is 11.5 Å². The van der Waals surface area contributed by atoms with Gasteiger partial charge in [-0.2, -0.15) is 5.10 Å². The van der Waals surface area contributed by atoms with Crippen LogP contribution in [0.2, 0.25) is 0 Å². The summed E-state index contributed by atoms with van der Waals surface area (Å²) in [7, 11) is 0. The van der Waals surface area contributed by atoms with Crippen LogP contribution in [-0.4, -0.2) is 18.7 Å². The predicted octanol–water partition coefficient (Wildman–Crippen LogP) is 4.05. The van der Waals surface area contributed by atoms with Gasteiger partial charge in [0.2, 0.25) is 5.91 Å². The third kappa shape index (κ3) is 6.04. The van der Waals surface area contributed by atoms with Crippen LogP contribution < -0.4 is 14.9 Å². The average molecular weight is 452 g/mol. The zero-order valence-electron chi connectivity index (χ0n) is 14.5. The highest BCUT2D eigenvalue weighted by Crippen LogP contribution is 2.34. The molecule has 6 heteroatoms. The minimum absolute atomic E-state index is 0.214. The molecular formula is C19H21IN2O3. The fourth-order valence-corrected chi connectivity index (χ4v) is 2.88. The summed E-state index contributed by atoms with van der Waals surface area (Å²) in [5.74, 6) is 1.15. The van der Waals surface area contributed by atoms with Crippen molar-refractivity contribution < 1.29 is 14.3 Å². The molecule has 0 aromatic heterocycles. The van der Waals surface area contributed by atoms with Crippen LogP contribution in [0.3, 0.4) is 0 Å². The fraction of sp³-hybridized carbons (Fsp3) is 0.263. The molecule has 1 amide bonds. The van der Waals surface area contributed by atoms with Crippen LogP contribution in [0.15, 0.2) is 41.5 Å². The number of carbonyl (C=O) groups is 1. The molecule has 0 heterocycles. The largest absolute Gasteiger partial charge is 0.490 e. The van der Waals surface area contributed by atoms with Gasteiger partial charge in [-0.05, 0) is 59.7 Å². The molecule has 0 fully saturated rings. The summed E-state index contributed by atoms with van der Waals surface area (Å²) < 4.78 is 12.6. The fourth-order valence-electron chi connectivity index (χ4n) is 2.10. The number of nitrogens with zero attached hydrogens (tertiary/aromatic N) is 1. The van der Waals surface area contributed by atoms with Gasteiger partial charge in [0.1, 0.15) is 6.61 Å². The number of hydrogen-bond donors (Lipinski definition) is 1. The first-order chi connectivity index (χ1) is 12.0. The topological polar surface area (TPSA) is 59.9 Å². The lowest BCUT2D eigenvalue weighted by Gasteiger charge is -2.15. The lowest BCUT2D eigenvalue weighted by Crippen LogP contribution is -2.12. The van der Waals surface area contributed by atoms with Crippen molar-refractivity contribution in [1.29, 1.82) is 0 Å². The van der Waals surface area contributed by atoms with E-state index in [9.17, 15) is 4.79 Å². The second-order valence-corrected chi connectivity index (χ2v) is 6.63. The number of halogens is 1. The number of aryl methyl sites for hydroxylation is 1. The van der Waals surface area contributed by atoms with Crippen molar-refractivity contribution in [2.75, 3.05) is 6.61 Å². The summed E-state index contributed by atoms with van der Waals surface area (Å²) in [6, 6.07) is 12.0. The second-order valence-electron chi connectivity index (χ2n) is 5.46. The zero-order chi connectivity index (χ0) is 18.2. The van der Waals surface area contributed by atoms with E-state index in [0.717, 1.165) is 14.7 Å². The number of hydrazone groups is 1. The number of benzene rings is 2. The monoisotopic (exact) mass is 452 g/mol. The van der Waals surface area contributed by atoms with Crippen LogP contribution in [0.4, 0.5) is 0 Å². The average Bonchev–Trinajstić information content (AvgIpc) is 2.55. The Labute approximate surface area is 161 Å². The summed E-state index contributed by atoms with van der Waals surface area (Å²) in [6.45, 7) is 6.39. The Balaban J connectivity index is 2.19. The molecule has 25 heavy (non-hydrogen) atoms. The van der Waals surface area contributed by atoms with Gasteiger partial charge in [0, 0.05) is 6.92 Å². The van der Waals surface area contributed by atoms with Gasteiger partial charge in [-0.25, -0.2) is 5.43 Å². The van der Waals surface area contributed by atoms with E-state index in [1.54, 1.807) is 6.21 Å². The van der Waals surface area contributed by atoms with E-state index in [1.165, 1.54) is 12.5 Å². The van der Waals surface area contributed by atoms with Crippen molar-refractivity contribution in [1.82, 2.24) is 5.43 Å². The van der Waals surface area contributed by atoms with Gasteiger partial charge in [0.05, 0.1) is 16.4 Å². The molecule has 0 radical (unpaired) electrons. The van der Waals surface area contributed by atoms with Crippen molar-refractivity contribution in [2.24, 2.45) is 5.10 Å². The molecule has 1 N–H and O–H groups in total. The molecule has 132 valence electrons. The van der Waals surface area contributed by atoms with E-state index in [2.05, 4.69) is 64.3 Å². The summed E-state index contributed by atoms with van der Waals surface area (Å²) in [4.78, 5) is 10.9. The van der Waals surface area contributed by atoms with Gasteiger partial charge in [-0.15, -0.1) is 0 Å². The molecule has 0 saturated carbocycles. The third-order valence-electron chi connectivity index (χ3n) is 3.27. The van der Waals surface area contributed by atoms with Crippen molar-refractivity contribution in [3.05, 3.63) is 56.7 Å². The van der Waals surface area contributed by atoms with E-state index in [4.69, 9.17) is 9.47 Å². The normalized spacial score (nSPS) is 10.7. The standard InChI is InChI=1S/C19H21IN2O3/c1-4-24-18-10-16(11-21-22-14(3)23)9-17(20)19(18)25-12-15-7-5-13(2)6-8-15/h5-11H,4,12H2,1-3H3,(H,22,23)/b21-11-. The molecule has 5 nitrogen and oxygen atoms in total. The van der Waals surface area contributed by atoms with Gasteiger partial charge in [-0.3, -0.25) is 4.79 Å². The van der Waals surface area contributed by atoms with Crippen LogP contribution in [0.5, 0.6) is 11.5 Å². The molecule has 0 aliphatic heterocycles. The molecule has 0 aliphatic rings. The molecule has 2 rings (SSSR count). The van der Waals surface area contributed by atoms with Crippen molar-refractivity contribution in [3.63, 3.8) is 0 Å². The van der Waals surface area contributed by atoms with E-state index in [0.29, 0.717) is 24.7 Å². The number of nitrogens with one attached hydrogen (secondary N) is 1. The lowest BCUT2D eigenvalue weighted by atomic mass is 10.2. The minimum atomic E-state index is -0.214. The predicted molar refractivity (Wildman–Crippen MR) is 107 cm³/mol. The smallest absolute Gasteiger partial charge is 0.236 e. The highest BCUT2D eigenvalue weighted by molar-refractivity contribution is 14.1. The molecule has 0 atom stereocenters. The molecular weight excluding hydrogens is 431 g/mol. The summed E-state index contributed by atoms with van der Waals surface area (Å²) >= 11 is 2.21. The van der Waals surface area contributed by atoms with E-state index in [1.807, 2.05) is 19.1 Å². The highest BCUT2D eigenvalue weighted by atomic mass is 127. The lowest BCUT2D eigenvalue weighted by molar-refractivity contribution is -0.118. The first-order valence-electron chi connectivity index (χ1n) is 7.94. The van der Waals surface area contributed by atoms with Gasteiger partial charge < -0.3 is 9.47 Å². The molecule has 2 aromatic carbocycles. The quantitative estimate of drug-likeness (QED) is 0.392. The number of hydrogen-bond acceptors (Lipinski definition) is 4. The van der Waals surface area contributed by atoms with Gasteiger partial charge >= 0.3 is 0 Å². The van der Waals surface area contributed by atoms with Gasteiger partial charge in [0.25, 0.3) is 0 Å². The van der Waals surface area contributed by atoms with Crippen molar-refractivity contribution >= 4 is 34.7 Å². The Morgan fingerprint density at radius 2 is 1.96 bits per heavy atom. The Morgan fingerprint density at radius 3 is 2.60 bits per heavy atom. The zero-order valence-corrected chi connectivity index (χ0v) is 16.7. The molecule has 0 aliphatic carbocycles. The molecule has 0 spiro atoms. The third-order valence-corrected chi connectivity index (χ3v) is 4.07. The van der Waals surface area contributed by atoms with Crippen LogP contribution in [0.1, 0.15) is 30.5 Å². The summed E-state index contributed by atoms with van der Waals surface area (Å²) in [5, 5.41) is 3.89. The summed E-state index contributed by atoms with van der Waals surface area (Å²) in [5.41, 5.74) is 5.53. The Hall–Kier alpha value is -2.09. The maximum Gasteiger partial charge on any atom is 0.236 e. The Kier molecular flexibility index (Phi) is 7.24. The maximum absolute atomic E-state index is 10.9. The van der Waals surface area contributed by atoms with Gasteiger partial charge in [-0.1, -0.05) is 29.8 Å². The number of amides is 1. The number of rotatable bonds is 7. The first-order valence-corrected chi connectivity index (χ1v) is 9.01. The second kappa shape index (κ2) is 9.41. The number of carbonyl (C=O) groups excluding carboxylic acids is 1. The van der Waals surface area contributed by atoms with E-state index < -0.39 is 0 Å². The van der Waals surface area contributed by atoms with Crippen LogP contribution >= 0.6 is 22.6 Å². The Bertz CT molecular complexity index is 758. The first kappa shape index (κ1) is 19.2. The van der Waals surface area contributed by atoms with Crippen LogP contribution in [-0.2, 0) is 11.4 Å². The van der Waals surface area contributed by atoms with Crippen molar-refractivity contribution in [2.45, 2.75) is 27.4 Å². The van der Waals surface area contributed by atoms with E-state index >= 15 is 0 Å². The SMILES string of the molecule is CCOc1cc(/C=N\NC(C)=O)cc(I)c1OCc1ccc(C)cc1. The maximum atomic E-state index is 10.9. The van der Waals surface area contributed by atoms with Crippen LogP contribution in [0, 0.1) is 10.5 Å². The molecule has 2 aromatic rings.